The molecule has 2 aromatic carbocycles. The normalized spacial score (nSPS) is 20.1. The largest absolute Gasteiger partial charge is 0.497 e. The van der Waals surface area contributed by atoms with Gasteiger partial charge in [0.2, 0.25) is 6.23 Å². The van der Waals surface area contributed by atoms with Crippen molar-refractivity contribution in [2.24, 2.45) is 5.10 Å². The molecule has 2 aliphatic heterocycles. The van der Waals surface area contributed by atoms with Crippen LogP contribution in [0.25, 0.3) is 0 Å². The Kier molecular flexibility index (Phi) is 3.97. The molecule has 0 fully saturated rings. The molecule has 0 aliphatic carbocycles. The molecule has 3 heterocycles. The van der Waals surface area contributed by atoms with Gasteiger partial charge in [-0.1, -0.05) is 18.2 Å². The van der Waals surface area contributed by atoms with E-state index in [1.165, 1.54) is 0 Å². The summed E-state index contributed by atoms with van der Waals surface area (Å²) in [5.74, 6) is 3.10. The van der Waals surface area contributed by atoms with Gasteiger partial charge in [-0.2, -0.15) is 5.10 Å². The van der Waals surface area contributed by atoms with Crippen LogP contribution in [-0.2, 0) is 0 Å². The summed E-state index contributed by atoms with van der Waals surface area (Å²) in [6.07, 6.45) is 1.98. The maximum atomic E-state index is 6.39. The molecule has 0 spiro atoms. The minimum absolute atomic E-state index is 0.0611. The number of nitrogens with zero attached hydrogens (tertiary/aromatic N) is 2. The number of methoxy groups -OCH3 is 2. The Labute approximate surface area is 162 Å². The molecular weight excluding hydrogens is 356 g/mol. The van der Waals surface area contributed by atoms with E-state index in [0.717, 1.165) is 46.3 Å². The number of furan rings is 1. The average molecular weight is 376 g/mol. The highest BCUT2D eigenvalue weighted by atomic mass is 16.5. The Morgan fingerprint density at radius 3 is 2.68 bits per heavy atom. The van der Waals surface area contributed by atoms with Gasteiger partial charge in [0, 0.05) is 12.0 Å². The molecule has 0 radical (unpaired) electrons. The second-order valence-electron chi connectivity index (χ2n) is 6.74. The van der Waals surface area contributed by atoms with Crippen molar-refractivity contribution in [1.29, 1.82) is 0 Å². The zero-order valence-electron chi connectivity index (χ0n) is 15.7. The van der Waals surface area contributed by atoms with Crippen LogP contribution >= 0.6 is 0 Å². The van der Waals surface area contributed by atoms with Crippen LogP contribution in [0.1, 0.15) is 35.6 Å². The Balaban J connectivity index is 1.64. The summed E-state index contributed by atoms with van der Waals surface area (Å²) in [4.78, 5) is 0. The fraction of sp³-hybridized carbons (Fsp3) is 0.227. The number of para-hydroxylation sites is 1. The number of hydrogen-bond donors (Lipinski definition) is 0. The zero-order chi connectivity index (χ0) is 19.1. The van der Waals surface area contributed by atoms with E-state index in [-0.39, 0.29) is 6.04 Å². The van der Waals surface area contributed by atoms with E-state index in [2.05, 4.69) is 6.07 Å². The van der Waals surface area contributed by atoms with Crippen molar-refractivity contribution in [3.05, 3.63) is 77.7 Å². The second kappa shape index (κ2) is 6.64. The fourth-order valence-corrected chi connectivity index (χ4v) is 3.86. The van der Waals surface area contributed by atoms with Gasteiger partial charge in [-0.25, -0.2) is 5.01 Å². The van der Waals surface area contributed by atoms with Crippen molar-refractivity contribution in [2.75, 3.05) is 14.2 Å². The van der Waals surface area contributed by atoms with Crippen molar-refractivity contribution in [3.63, 3.8) is 0 Å². The van der Waals surface area contributed by atoms with E-state index in [1.54, 1.807) is 20.5 Å². The van der Waals surface area contributed by atoms with Crippen molar-refractivity contribution in [1.82, 2.24) is 5.01 Å². The number of benzene rings is 2. The van der Waals surface area contributed by atoms with Crippen molar-refractivity contribution in [3.8, 4) is 17.2 Å². The number of hydrazone groups is 1. The summed E-state index contributed by atoms with van der Waals surface area (Å²) in [6.45, 7) is 0. The minimum Gasteiger partial charge on any atom is -0.497 e. The van der Waals surface area contributed by atoms with Crippen molar-refractivity contribution >= 4 is 5.71 Å². The van der Waals surface area contributed by atoms with Crippen LogP contribution in [0.5, 0.6) is 17.2 Å². The van der Waals surface area contributed by atoms with Crippen molar-refractivity contribution < 1.29 is 18.6 Å². The Bertz CT molecular complexity index is 1030. The van der Waals surface area contributed by atoms with Crippen LogP contribution in [-0.4, -0.2) is 24.9 Å². The van der Waals surface area contributed by atoms with Gasteiger partial charge in [-0.05, 0) is 36.4 Å². The summed E-state index contributed by atoms with van der Waals surface area (Å²) in [5.41, 5.74) is 2.89. The molecule has 28 heavy (non-hydrogen) atoms. The molecule has 5 rings (SSSR count). The van der Waals surface area contributed by atoms with Crippen LogP contribution in [0.2, 0.25) is 0 Å². The van der Waals surface area contributed by atoms with Crippen LogP contribution in [0.4, 0.5) is 0 Å². The smallest absolute Gasteiger partial charge is 0.217 e. The first-order valence-electron chi connectivity index (χ1n) is 9.15. The standard InChI is InChI=1S/C22H20N2O4/c1-25-14-9-10-19(26-2)16(12-14)22-24-18(15-6-3-4-7-20(15)28-22)13-17(23-24)21-8-5-11-27-21/h3-12,18,22H,13H2,1-2H3. The minimum atomic E-state index is -0.433. The summed E-state index contributed by atoms with van der Waals surface area (Å²) in [5, 5.41) is 6.87. The molecule has 0 amide bonds. The molecule has 1 aromatic heterocycles. The monoisotopic (exact) mass is 376 g/mol. The molecule has 0 N–H and O–H groups in total. The molecule has 0 saturated heterocycles. The second-order valence-corrected chi connectivity index (χ2v) is 6.74. The Hall–Kier alpha value is -3.41. The molecule has 6 heteroatoms. The molecule has 2 unspecified atom stereocenters. The third kappa shape index (κ3) is 2.60. The molecule has 3 aromatic rings. The van der Waals surface area contributed by atoms with Gasteiger partial charge in [-0.3, -0.25) is 0 Å². The van der Waals surface area contributed by atoms with Gasteiger partial charge >= 0.3 is 0 Å². The summed E-state index contributed by atoms with van der Waals surface area (Å²) in [7, 11) is 3.30. The van der Waals surface area contributed by atoms with Gasteiger partial charge in [-0.15, -0.1) is 0 Å². The molecule has 142 valence electrons. The lowest BCUT2D eigenvalue weighted by molar-refractivity contribution is -0.0204. The Morgan fingerprint density at radius 2 is 1.89 bits per heavy atom. The highest BCUT2D eigenvalue weighted by Gasteiger charge is 2.42. The average Bonchev–Trinajstić information content (AvgIpc) is 3.42. The van der Waals surface area contributed by atoms with Gasteiger partial charge in [0.1, 0.15) is 28.7 Å². The van der Waals surface area contributed by atoms with Crippen LogP contribution in [0.3, 0.4) is 0 Å². The molecule has 6 nitrogen and oxygen atoms in total. The first-order chi connectivity index (χ1) is 13.8. The lowest BCUT2D eigenvalue weighted by Crippen LogP contribution is -2.33. The van der Waals surface area contributed by atoms with E-state index < -0.39 is 6.23 Å². The summed E-state index contributed by atoms with van der Waals surface area (Å²) >= 11 is 0. The molecule has 2 atom stereocenters. The molecular formula is C22H20N2O4. The van der Waals surface area contributed by atoms with Crippen molar-refractivity contribution in [2.45, 2.75) is 18.7 Å². The fourth-order valence-electron chi connectivity index (χ4n) is 3.86. The van der Waals surface area contributed by atoms with Gasteiger partial charge in [0.25, 0.3) is 0 Å². The number of ether oxygens (including phenoxy) is 3. The molecule has 0 bridgehead atoms. The first-order valence-corrected chi connectivity index (χ1v) is 9.15. The van der Waals surface area contributed by atoms with Gasteiger partial charge in [0.05, 0.1) is 32.1 Å². The van der Waals surface area contributed by atoms with E-state index in [0.29, 0.717) is 0 Å². The summed E-state index contributed by atoms with van der Waals surface area (Å²) in [6, 6.07) is 17.7. The molecule has 2 aliphatic rings. The topological polar surface area (TPSA) is 56.4 Å². The lowest BCUT2D eigenvalue weighted by Gasteiger charge is -2.38. The first kappa shape index (κ1) is 16.7. The van der Waals surface area contributed by atoms with E-state index in [4.69, 9.17) is 23.7 Å². The quantitative estimate of drug-likeness (QED) is 0.669. The van der Waals surface area contributed by atoms with E-state index >= 15 is 0 Å². The zero-order valence-corrected chi connectivity index (χ0v) is 15.7. The maximum Gasteiger partial charge on any atom is 0.217 e. The number of fused-ring (bicyclic) bond motifs is 3. The number of rotatable bonds is 4. The van der Waals surface area contributed by atoms with Gasteiger partial charge < -0.3 is 18.6 Å². The number of hydrogen-bond acceptors (Lipinski definition) is 6. The summed E-state index contributed by atoms with van der Waals surface area (Å²) < 4.78 is 23.0. The Morgan fingerprint density at radius 1 is 1.00 bits per heavy atom. The lowest BCUT2D eigenvalue weighted by atomic mass is 9.97. The van der Waals surface area contributed by atoms with Gasteiger partial charge in [0.15, 0.2) is 0 Å². The van der Waals surface area contributed by atoms with Crippen LogP contribution < -0.4 is 14.2 Å². The van der Waals surface area contributed by atoms with E-state index in [9.17, 15) is 0 Å². The maximum absolute atomic E-state index is 6.39. The van der Waals surface area contributed by atoms with Crippen LogP contribution in [0.15, 0.2) is 70.4 Å². The highest BCUT2D eigenvalue weighted by Crippen LogP contribution is 2.49. The predicted octanol–water partition coefficient (Wildman–Crippen LogP) is 4.54. The predicted molar refractivity (Wildman–Crippen MR) is 104 cm³/mol. The SMILES string of the molecule is COc1ccc(OC)c(C2Oc3ccccc3C3CC(c4ccco4)=NN32)c1. The van der Waals surface area contributed by atoms with Crippen LogP contribution in [0, 0.1) is 0 Å². The third-order valence-electron chi connectivity index (χ3n) is 5.21. The third-order valence-corrected chi connectivity index (χ3v) is 5.21. The van der Waals surface area contributed by atoms with E-state index in [1.807, 2.05) is 53.5 Å². The highest BCUT2D eigenvalue weighted by molar-refractivity contribution is 5.99. The molecule has 0 saturated carbocycles.